The average Bonchev–Trinajstić information content (AvgIpc) is 3.16. The number of anilines is 2. The van der Waals surface area contributed by atoms with E-state index in [0.29, 0.717) is 6.42 Å². The number of benzene rings is 2. The highest BCUT2D eigenvalue weighted by Gasteiger charge is 2.21. The molecule has 0 spiro atoms. The van der Waals surface area contributed by atoms with Gasteiger partial charge in [0.25, 0.3) is 0 Å². The molecule has 0 bridgehead atoms. The molecule has 4 nitrogen and oxygen atoms in total. The van der Waals surface area contributed by atoms with Crippen LogP contribution < -0.4 is 15.1 Å². The van der Waals surface area contributed by atoms with Crippen LogP contribution in [0.1, 0.15) is 43.2 Å². The van der Waals surface area contributed by atoms with Crippen LogP contribution in [0.5, 0.6) is 0 Å². The minimum Gasteiger partial charge on any atom is -0.372 e. The number of nitrogens with one attached hydrogen (secondary N) is 1. The van der Waals surface area contributed by atoms with Crippen molar-refractivity contribution in [2.75, 3.05) is 29.4 Å². The zero-order valence-electron chi connectivity index (χ0n) is 16.0. The molecular formula is C23H29N3O. The quantitative estimate of drug-likeness (QED) is 0.839. The molecule has 1 amide bonds. The molecule has 2 heterocycles. The van der Waals surface area contributed by atoms with Crippen LogP contribution in [0.4, 0.5) is 11.4 Å². The van der Waals surface area contributed by atoms with Gasteiger partial charge in [0.05, 0.1) is 0 Å². The van der Waals surface area contributed by atoms with Crippen LogP contribution in [-0.2, 0) is 17.9 Å². The van der Waals surface area contributed by atoms with Crippen LogP contribution in [0.2, 0.25) is 0 Å². The molecule has 4 rings (SSSR count). The van der Waals surface area contributed by atoms with Crippen molar-refractivity contribution in [3.63, 3.8) is 0 Å². The fourth-order valence-corrected chi connectivity index (χ4v) is 4.04. The minimum absolute atomic E-state index is 0.244. The van der Waals surface area contributed by atoms with Gasteiger partial charge < -0.3 is 15.1 Å². The third-order valence-electron chi connectivity index (χ3n) is 5.64. The molecule has 0 unspecified atom stereocenters. The number of carbonyl (C=O) groups excluding carboxylic acids is 1. The smallest absolute Gasteiger partial charge is 0.227 e. The Morgan fingerprint density at radius 2 is 1.30 bits per heavy atom. The lowest BCUT2D eigenvalue weighted by molar-refractivity contribution is -0.117. The molecule has 2 aliphatic rings. The summed E-state index contributed by atoms with van der Waals surface area (Å²) in [5.41, 5.74) is 4.94. The number of hydrogen-bond acceptors (Lipinski definition) is 3. The SMILES string of the molecule is O=C1CCCN1c1ccc(CNCc2ccc(N3CCCCC3)cc2)cc1. The van der Waals surface area contributed by atoms with Gasteiger partial charge in [0.2, 0.25) is 5.91 Å². The maximum atomic E-state index is 11.8. The largest absolute Gasteiger partial charge is 0.372 e. The Labute approximate surface area is 162 Å². The molecule has 0 radical (unpaired) electrons. The summed E-state index contributed by atoms with van der Waals surface area (Å²) in [6, 6.07) is 17.3. The Morgan fingerprint density at radius 1 is 0.704 bits per heavy atom. The highest BCUT2D eigenvalue weighted by atomic mass is 16.2. The molecule has 27 heavy (non-hydrogen) atoms. The minimum atomic E-state index is 0.244. The van der Waals surface area contributed by atoms with E-state index < -0.39 is 0 Å². The summed E-state index contributed by atoms with van der Waals surface area (Å²) < 4.78 is 0. The number of amides is 1. The van der Waals surface area contributed by atoms with E-state index in [1.54, 1.807) is 0 Å². The van der Waals surface area contributed by atoms with Crippen LogP contribution in [0.15, 0.2) is 48.5 Å². The van der Waals surface area contributed by atoms with Gasteiger partial charge in [-0.1, -0.05) is 24.3 Å². The summed E-state index contributed by atoms with van der Waals surface area (Å²) in [6.07, 6.45) is 5.65. The molecule has 0 aromatic heterocycles. The van der Waals surface area contributed by atoms with Gasteiger partial charge in [-0.15, -0.1) is 0 Å². The van der Waals surface area contributed by atoms with E-state index >= 15 is 0 Å². The predicted octanol–water partition coefficient (Wildman–Crippen LogP) is 4.09. The molecule has 2 aromatic rings. The van der Waals surface area contributed by atoms with E-state index in [0.717, 1.165) is 31.7 Å². The molecule has 0 saturated carbocycles. The van der Waals surface area contributed by atoms with Gasteiger partial charge in [0.15, 0.2) is 0 Å². The van der Waals surface area contributed by atoms with Crippen molar-refractivity contribution in [3.8, 4) is 0 Å². The van der Waals surface area contributed by atoms with Gasteiger partial charge in [-0.2, -0.15) is 0 Å². The van der Waals surface area contributed by atoms with Crippen molar-refractivity contribution < 1.29 is 4.79 Å². The fraction of sp³-hybridized carbons (Fsp3) is 0.435. The fourth-order valence-electron chi connectivity index (χ4n) is 4.04. The molecule has 142 valence electrons. The van der Waals surface area contributed by atoms with E-state index in [-0.39, 0.29) is 5.91 Å². The monoisotopic (exact) mass is 363 g/mol. The van der Waals surface area contributed by atoms with E-state index in [9.17, 15) is 4.79 Å². The van der Waals surface area contributed by atoms with Crippen molar-refractivity contribution >= 4 is 17.3 Å². The highest BCUT2D eigenvalue weighted by molar-refractivity contribution is 5.95. The normalized spacial score (nSPS) is 17.6. The second-order valence-electron chi connectivity index (χ2n) is 7.63. The van der Waals surface area contributed by atoms with E-state index in [1.165, 1.54) is 49.2 Å². The predicted molar refractivity (Wildman–Crippen MR) is 111 cm³/mol. The number of carbonyl (C=O) groups is 1. The molecule has 2 fully saturated rings. The van der Waals surface area contributed by atoms with Gasteiger partial charge in [0, 0.05) is 50.5 Å². The first-order valence-electron chi connectivity index (χ1n) is 10.2. The number of hydrogen-bond donors (Lipinski definition) is 1. The molecule has 2 aliphatic heterocycles. The summed E-state index contributed by atoms with van der Waals surface area (Å²) in [5.74, 6) is 0.244. The lowest BCUT2D eigenvalue weighted by atomic mass is 10.1. The van der Waals surface area contributed by atoms with Crippen LogP contribution in [-0.4, -0.2) is 25.5 Å². The third-order valence-corrected chi connectivity index (χ3v) is 5.64. The van der Waals surface area contributed by atoms with Crippen molar-refractivity contribution in [1.29, 1.82) is 0 Å². The number of nitrogens with zero attached hydrogens (tertiary/aromatic N) is 2. The van der Waals surface area contributed by atoms with E-state index in [2.05, 4.69) is 58.7 Å². The highest BCUT2D eigenvalue weighted by Crippen LogP contribution is 2.22. The maximum Gasteiger partial charge on any atom is 0.227 e. The molecule has 1 N–H and O–H groups in total. The molecule has 4 heteroatoms. The molecule has 2 saturated heterocycles. The molecule has 0 atom stereocenters. The summed E-state index contributed by atoms with van der Waals surface area (Å²) in [5, 5.41) is 3.52. The average molecular weight is 364 g/mol. The van der Waals surface area contributed by atoms with Gasteiger partial charge >= 0.3 is 0 Å². The van der Waals surface area contributed by atoms with E-state index in [4.69, 9.17) is 0 Å². The van der Waals surface area contributed by atoms with Crippen molar-refractivity contribution in [2.45, 2.75) is 45.2 Å². The number of rotatable bonds is 6. The second-order valence-corrected chi connectivity index (χ2v) is 7.63. The summed E-state index contributed by atoms with van der Waals surface area (Å²) in [4.78, 5) is 16.2. The van der Waals surface area contributed by atoms with Crippen LogP contribution in [0.25, 0.3) is 0 Å². The van der Waals surface area contributed by atoms with Crippen LogP contribution >= 0.6 is 0 Å². The van der Waals surface area contributed by atoms with Crippen LogP contribution in [0, 0.1) is 0 Å². The lowest BCUT2D eigenvalue weighted by Gasteiger charge is -2.28. The van der Waals surface area contributed by atoms with Crippen molar-refractivity contribution in [1.82, 2.24) is 5.32 Å². The van der Waals surface area contributed by atoms with Crippen LogP contribution in [0.3, 0.4) is 0 Å². The Morgan fingerprint density at radius 3 is 1.85 bits per heavy atom. The van der Waals surface area contributed by atoms with Gasteiger partial charge in [0.1, 0.15) is 0 Å². The number of piperidine rings is 1. The zero-order chi connectivity index (χ0) is 18.5. The summed E-state index contributed by atoms with van der Waals surface area (Å²) >= 11 is 0. The van der Waals surface area contributed by atoms with Gasteiger partial charge in [-0.25, -0.2) is 0 Å². The standard InChI is InChI=1S/C23H29N3O/c27-23-5-4-16-26(23)22-12-8-20(9-13-22)18-24-17-19-6-10-21(11-7-19)25-14-2-1-3-15-25/h6-13,24H,1-5,14-18H2. The maximum absolute atomic E-state index is 11.8. The summed E-state index contributed by atoms with van der Waals surface area (Å²) in [7, 11) is 0. The Balaban J connectivity index is 1.26. The third kappa shape index (κ3) is 4.51. The molecule has 2 aromatic carbocycles. The zero-order valence-corrected chi connectivity index (χ0v) is 16.0. The molecular weight excluding hydrogens is 334 g/mol. The van der Waals surface area contributed by atoms with Crippen molar-refractivity contribution in [2.24, 2.45) is 0 Å². The Bertz CT molecular complexity index is 748. The Hall–Kier alpha value is -2.33. The molecule has 0 aliphatic carbocycles. The lowest BCUT2D eigenvalue weighted by Crippen LogP contribution is -2.29. The first-order chi connectivity index (χ1) is 13.3. The van der Waals surface area contributed by atoms with E-state index in [1.807, 2.05) is 4.90 Å². The Kier molecular flexibility index (Phi) is 5.73. The van der Waals surface area contributed by atoms with Gasteiger partial charge in [-0.3, -0.25) is 4.79 Å². The van der Waals surface area contributed by atoms with Crippen molar-refractivity contribution in [3.05, 3.63) is 59.7 Å². The first kappa shape index (κ1) is 18.1. The summed E-state index contributed by atoms with van der Waals surface area (Å²) in [6.45, 7) is 4.94. The van der Waals surface area contributed by atoms with Gasteiger partial charge in [-0.05, 0) is 61.1 Å². The first-order valence-corrected chi connectivity index (χ1v) is 10.2. The topological polar surface area (TPSA) is 35.6 Å². The second kappa shape index (κ2) is 8.57.